The number of aromatic nitrogens is 3. The van der Waals surface area contributed by atoms with Gasteiger partial charge in [-0.1, -0.05) is 30.3 Å². The van der Waals surface area contributed by atoms with Gasteiger partial charge in [-0.05, 0) is 18.4 Å². The lowest BCUT2D eigenvalue weighted by molar-refractivity contribution is 0.234. The van der Waals surface area contributed by atoms with Crippen LogP contribution in [0.4, 0.5) is 10.7 Å². The van der Waals surface area contributed by atoms with Crippen LogP contribution in [0.15, 0.2) is 36.7 Å². The Bertz CT molecular complexity index is 573. The molecular weight excluding hydrogens is 230 g/mol. The zero-order valence-electron chi connectivity index (χ0n) is 9.71. The smallest absolute Gasteiger partial charge is 0.344 e. The number of nitrogens with one attached hydrogen (secondary N) is 1. The van der Waals surface area contributed by atoms with Crippen LogP contribution in [0.2, 0.25) is 0 Å². The highest BCUT2D eigenvalue weighted by atomic mass is 16.2. The Balaban J connectivity index is 1.79. The predicted molar refractivity (Wildman–Crippen MR) is 65.7 cm³/mol. The molecule has 92 valence electrons. The predicted octanol–water partition coefficient (Wildman–Crippen LogP) is 1.11. The zero-order valence-corrected chi connectivity index (χ0v) is 9.71. The molecule has 0 unspecified atom stereocenters. The summed E-state index contributed by atoms with van der Waals surface area (Å²) in [6, 6.07) is 9.62. The normalized spacial score (nSPS) is 16.2. The molecule has 1 aromatic heterocycles. The molecule has 1 aliphatic carbocycles. The first-order chi connectivity index (χ1) is 8.70. The van der Waals surface area contributed by atoms with Gasteiger partial charge in [0.05, 0.1) is 5.54 Å². The molecule has 0 radical (unpaired) electrons. The summed E-state index contributed by atoms with van der Waals surface area (Å²) in [6.07, 6.45) is 3.19. The number of hydrogen-bond donors (Lipinski definition) is 2. The van der Waals surface area contributed by atoms with Gasteiger partial charge in [0.25, 0.3) is 0 Å². The van der Waals surface area contributed by atoms with Gasteiger partial charge < -0.3 is 11.1 Å². The van der Waals surface area contributed by atoms with Crippen molar-refractivity contribution in [2.24, 2.45) is 0 Å². The number of nitrogens with two attached hydrogens (primary N) is 1. The van der Waals surface area contributed by atoms with Crippen LogP contribution >= 0.6 is 0 Å². The van der Waals surface area contributed by atoms with Gasteiger partial charge in [0.15, 0.2) is 0 Å². The number of benzene rings is 1. The standard InChI is InChI=1S/C12H13N5O/c13-10-14-8-17(16-10)11(18)15-12(6-7-12)9-4-2-1-3-5-9/h1-5,8H,6-7H2,(H2,13,16)(H,15,18). The molecular formula is C12H13N5O. The van der Waals surface area contributed by atoms with Crippen LogP contribution in [0.3, 0.4) is 0 Å². The summed E-state index contributed by atoms with van der Waals surface area (Å²) in [5.74, 6) is 0.0923. The highest BCUT2D eigenvalue weighted by molar-refractivity contribution is 5.77. The second-order valence-electron chi connectivity index (χ2n) is 4.43. The molecule has 18 heavy (non-hydrogen) atoms. The second kappa shape index (κ2) is 3.83. The summed E-state index contributed by atoms with van der Waals surface area (Å²) in [6.45, 7) is 0. The van der Waals surface area contributed by atoms with Crippen molar-refractivity contribution in [3.05, 3.63) is 42.2 Å². The third-order valence-electron chi connectivity index (χ3n) is 3.14. The summed E-state index contributed by atoms with van der Waals surface area (Å²) in [5.41, 5.74) is 6.25. The van der Waals surface area contributed by atoms with E-state index in [4.69, 9.17) is 5.73 Å². The first-order valence-electron chi connectivity index (χ1n) is 5.75. The maximum absolute atomic E-state index is 12.0. The van der Waals surface area contributed by atoms with E-state index >= 15 is 0 Å². The van der Waals surface area contributed by atoms with Gasteiger partial charge in [0, 0.05) is 0 Å². The largest absolute Gasteiger partial charge is 0.366 e. The van der Waals surface area contributed by atoms with Crippen molar-refractivity contribution in [1.29, 1.82) is 0 Å². The number of amides is 1. The molecule has 1 amide bonds. The Morgan fingerprint density at radius 2 is 2.06 bits per heavy atom. The molecule has 6 heteroatoms. The van der Waals surface area contributed by atoms with Gasteiger partial charge in [0.1, 0.15) is 6.33 Å². The number of hydrogen-bond acceptors (Lipinski definition) is 4. The van der Waals surface area contributed by atoms with Crippen molar-refractivity contribution in [3.8, 4) is 0 Å². The quantitative estimate of drug-likeness (QED) is 0.827. The molecule has 1 aromatic carbocycles. The number of rotatable bonds is 2. The first-order valence-corrected chi connectivity index (χ1v) is 5.75. The molecule has 0 bridgehead atoms. The van der Waals surface area contributed by atoms with Crippen LogP contribution in [0.1, 0.15) is 18.4 Å². The van der Waals surface area contributed by atoms with Crippen LogP contribution in [0.25, 0.3) is 0 Å². The Morgan fingerprint density at radius 1 is 1.33 bits per heavy atom. The van der Waals surface area contributed by atoms with E-state index in [1.807, 2.05) is 30.3 Å². The highest BCUT2D eigenvalue weighted by Gasteiger charge is 2.45. The molecule has 0 aliphatic heterocycles. The lowest BCUT2D eigenvalue weighted by atomic mass is 10.1. The van der Waals surface area contributed by atoms with Crippen molar-refractivity contribution < 1.29 is 4.79 Å². The monoisotopic (exact) mass is 243 g/mol. The van der Waals surface area contributed by atoms with Crippen molar-refractivity contribution in [2.75, 3.05) is 5.73 Å². The summed E-state index contributed by atoms with van der Waals surface area (Å²) >= 11 is 0. The van der Waals surface area contributed by atoms with Crippen molar-refractivity contribution in [2.45, 2.75) is 18.4 Å². The summed E-state index contributed by atoms with van der Waals surface area (Å²) in [4.78, 5) is 15.7. The van der Waals surface area contributed by atoms with E-state index in [0.29, 0.717) is 0 Å². The summed E-state index contributed by atoms with van der Waals surface area (Å²) in [5, 5.41) is 6.77. The third kappa shape index (κ3) is 1.81. The molecule has 6 nitrogen and oxygen atoms in total. The molecule has 1 fully saturated rings. The Hall–Kier alpha value is -2.37. The molecule has 1 aliphatic rings. The lowest BCUT2D eigenvalue weighted by Crippen LogP contribution is -2.38. The van der Waals surface area contributed by atoms with Crippen LogP contribution < -0.4 is 11.1 Å². The van der Waals surface area contributed by atoms with Crippen LogP contribution in [-0.4, -0.2) is 20.8 Å². The van der Waals surface area contributed by atoms with Crippen LogP contribution in [0, 0.1) is 0 Å². The average molecular weight is 243 g/mol. The van der Waals surface area contributed by atoms with E-state index in [9.17, 15) is 4.79 Å². The van der Waals surface area contributed by atoms with Crippen molar-refractivity contribution in [1.82, 2.24) is 20.1 Å². The minimum Gasteiger partial charge on any atom is -0.366 e. The second-order valence-corrected chi connectivity index (χ2v) is 4.43. The molecule has 3 N–H and O–H groups in total. The van der Waals surface area contributed by atoms with Gasteiger partial charge in [-0.25, -0.2) is 9.78 Å². The summed E-state index contributed by atoms with van der Waals surface area (Å²) < 4.78 is 1.12. The maximum Gasteiger partial charge on any atom is 0.344 e. The highest BCUT2D eigenvalue weighted by Crippen LogP contribution is 2.45. The Labute approximate surface area is 104 Å². The van der Waals surface area contributed by atoms with E-state index in [0.717, 1.165) is 23.1 Å². The van der Waals surface area contributed by atoms with E-state index in [1.165, 1.54) is 6.33 Å². The Morgan fingerprint density at radius 3 is 2.61 bits per heavy atom. The first kappa shape index (κ1) is 10.8. The Kier molecular flexibility index (Phi) is 2.29. The fraction of sp³-hybridized carbons (Fsp3) is 0.250. The van der Waals surface area contributed by atoms with Crippen LogP contribution in [0.5, 0.6) is 0 Å². The zero-order chi connectivity index (χ0) is 12.6. The van der Waals surface area contributed by atoms with Gasteiger partial charge in [-0.2, -0.15) is 4.68 Å². The van der Waals surface area contributed by atoms with E-state index in [1.54, 1.807) is 0 Å². The van der Waals surface area contributed by atoms with Crippen molar-refractivity contribution >= 4 is 12.0 Å². The molecule has 2 aromatic rings. The van der Waals surface area contributed by atoms with E-state index < -0.39 is 0 Å². The fourth-order valence-corrected chi connectivity index (χ4v) is 2.00. The SMILES string of the molecule is Nc1ncn(C(=O)NC2(c3ccccc3)CC2)n1. The average Bonchev–Trinajstić information content (AvgIpc) is 3.04. The van der Waals surface area contributed by atoms with Crippen molar-refractivity contribution in [3.63, 3.8) is 0 Å². The molecule has 1 heterocycles. The number of anilines is 1. The number of carbonyl (C=O) groups excluding carboxylic acids is 1. The van der Waals surface area contributed by atoms with Gasteiger partial charge in [-0.3, -0.25) is 0 Å². The van der Waals surface area contributed by atoms with E-state index in [-0.39, 0.29) is 17.5 Å². The topological polar surface area (TPSA) is 85.8 Å². The van der Waals surface area contributed by atoms with Gasteiger partial charge in [0.2, 0.25) is 5.95 Å². The minimum absolute atomic E-state index is 0.0923. The van der Waals surface area contributed by atoms with Gasteiger partial charge >= 0.3 is 6.03 Å². The van der Waals surface area contributed by atoms with E-state index in [2.05, 4.69) is 15.4 Å². The fourth-order valence-electron chi connectivity index (χ4n) is 2.00. The molecule has 1 saturated carbocycles. The number of carbonyl (C=O) groups is 1. The third-order valence-corrected chi connectivity index (χ3v) is 3.14. The van der Waals surface area contributed by atoms with Gasteiger partial charge in [-0.15, -0.1) is 5.10 Å². The molecule has 0 saturated heterocycles. The lowest BCUT2D eigenvalue weighted by Gasteiger charge is -2.17. The maximum atomic E-state index is 12.0. The molecule has 0 spiro atoms. The molecule has 0 atom stereocenters. The minimum atomic E-state index is -0.305. The number of nitrogens with zero attached hydrogens (tertiary/aromatic N) is 3. The number of nitrogen functional groups attached to an aromatic ring is 1. The molecule has 3 rings (SSSR count). The summed E-state index contributed by atoms with van der Waals surface area (Å²) in [7, 11) is 0. The van der Waals surface area contributed by atoms with Crippen LogP contribution in [-0.2, 0) is 5.54 Å².